The Balaban J connectivity index is 0.000000288. The van der Waals surface area contributed by atoms with Gasteiger partial charge in [-0.1, -0.05) is 36.4 Å². The normalized spacial score (nSPS) is 11.3. The summed E-state index contributed by atoms with van der Waals surface area (Å²) in [5, 5.41) is 21.5. The molecule has 4 aromatic carbocycles. The minimum atomic E-state index is -1.02. The van der Waals surface area contributed by atoms with Gasteiger partial charge in [0, 0.05) is 0 Å². The Hall–Kier alpha value is -6.05. The molecule has 5 N–H and O–H groups in total. The Morgan fingerprint density at radius 2 is 0.962 bits per heavy atom. The number of nitrogens with one attached hydrogen (secondary N) is 1. The largest absolute Gasteiger partial charge is 0.504 e. The number of aliphatic hydroxyl groups is 1. The number of benzene rings is 4. The Morgan fingerprint density at radius 1 is 0.577 bits per heavy atom. The van der Waals surface area contributed by atoms with Gasteiger partial charge in [-0.15, -0.1) is 0 Å². The summed E-state index contributed by atoms with van der Waals surface area (Å²) < 4.78 is 42.3. The van der Waals surface area contributed by atoms with Crippen LogP contribution in [0.5, 0.6) is 51.7 Å². The first kappa shape index (κ1) is 40.4. The van der Waals surface area contributed by atoms with Crippen LogP contribution in [0.15, 0.2) is 60.7 Å². The lowest BCUT2D eigenvalue weighted by molar-refractivity contribution is -0.118. The van der Waals surface area contributed by atoms with Crippen LogP contribution in [0.4, 0.5) is 5.69 Å². The van der Waals surface area contributed by atoms with E-state index in [1.165, 1.54) is 14.2 Å². The van der Waals surface area contributed by atoms with Crippen LogP contribution in [0.1, 0.15) is 22.3 Å². The molecule has 1 atom stereocenters. The lowest BCUT2D eigenvalue weighted by Gasteiger charge is -2.14. The lowest BCUT2D eigenvalue weighted by atomic mass is 10.1. The van der Waals surface area contributed by atoms with Crippen LogP contribution in [-0.4, -0.2) is 85.6 Å². The highest BCUT2D eigenvalue weighted by Crippen LogP contribution is 2.40. The minimum absolute atomic E-state index is 0.0968. The van der Waals surface area contributed by atoms with E-state index in [2.05, 4.69) is 5.32 Å². The topological polar surface area (TPSA) is 169 Å². The number of aromatic hydroxyl groups is 1. The molecule has 0 radical (unpaired) electrons. The van der Waals surface area contributed by atoms with E-state index in [0.29, 0.717) is 51.7 Å². The maximum absolute atomic E-state index is 12.0. The van der Waals surface area contributed by atoms with E-state index < -0.39 is 18.6 Å². The van der Waals surface area contributed by atoms with Crippen LogP contribution in [0, 0.1) is 0 Å². The maximum Gasteiger partial charge on any atom is 0.243 e. The van der Waals surface area contributed by atoms with Crippen molar-refractivity contribution in [1.29, 1.82) is 0 Å². The van der Waals surface area contributed by atoms with E-state index >= 15 is 0 Å². The maximum atomic E-state index is 12.0. The Morgan fingerprint density at radius 3 is 1.33 bits per heavy atom. The Labute approximate surface area is 303 Å². The molecular weight excluding hydrogens is 672 g/mol. The van der Waals surface area contributed by atoms with Crippen molar-refractivity contribution < 1.29 is 52.9 Å². The molecule has 0 aromatic heterocycles. The first-order valence-corrected chi connectivity index (χ1v) is 15.8. The number of methoxy groups -OCH3 is 8. The second-order valence-corrected chi connectivity index (χ2v) is 10.8. The number of phenolic OH excluding ortho intramolecular Hbond substituents is 1. The van der Waals surface area contributed by atoms with Crippen LogP contribution in [0.3, 0.4) is 0 Å². The van der Waals surface area contributed by atoms with Gasteiger partial charge < -0.3 is 59.2 Å². The smallest absolute Gasteiger partial charge is 0.243 e. The molecule has 0 fully saturated rings. The highest BCUT2D eigenvalue weighted by Gasteiger charge is 2.16. The van der Waals surface area contributed by atoms with E-state index in [1.807, 2.05) is 60.7 Å². The van der Waals surface area contributed by atoms with Crippen molar-refractivity contribution in [2.75, 3.05) is 68.8 Å². The molecule has 278 valence electrons. The Kier molecular flexibility index (Phi) is 15.5. The van der Waals surface area contributed by atoms with Crippen molar-refractivity contribution in [3.05, 3.63) is 82.9 Å². The molecule has 13 heteroatoms. The van der Waals surface area contributed by atoms with Gasteiger partial charge in [-0.25, -0.2) is 0 Å². The molecule has 4 rings (SSSR count). The summed E-state index contributed by atoms with van der Waals surface area (Å²) in [4.78, 5) is 12.0. The van der Waals surface area contributed by atoms with E-state index in [0.717, 1.165) is 22.3 Å². The molecule has 0 aliphatic heterocycles. The number of rotatable bonds is 15. The van der Waals surface area contributed by atoms with E-state index in [1.54, 1.807) is 66.9 Å². The van der Waals surface area contributed by atoms with Gasteiger partial charge in [-0.2, -0.15) is 0 Å². The fourth-order valence-electron chi connectivity index (χ4n) is 4.83. The van der Waals surface area contributed by atoms with Gasteiger partial charge in [-0.05, 0) is 70.8 Å². The number of aliphatic hydroxyl groups excluding tert-OH is 1. The van der Waals surface area contributed by atoms with Gasteiger partial charge in [0.15, 0.2) is 34.5 Å². The molecule has 52 heavy (non-hydrogen) atoms. The molecule has 0 saturated heterocycles. The molecule has 0 saturated carbocycles. The molecule has 0 aliphatic carbocycles. The van der Waals surface area contributed by atoms with Crippen molar-refractivity contribution in [3.8, 4) is 51.7 Å². The zero-order valence-electron chi connectivity index (χ0n) is 30.5. The van der Waals surface area contributed by atoms with E-state index in [4.69, 9.17) is 48.7 Å². The summed E-state index contributed by atoms with van der Waals surface area (Å²) in [6.45, 7) is -0.450. The third kappa shape index (κ3) is 10.5. The quantitative estimate of drug-likeness (QED) is 0.110. The number of amides is 1. The molecule has 4 aromatic rings. The number of carbonyl (C=O) groups is 1. The summed E-state index contributed by atoms with van der Waals surface area (Å²) in [5.74, 6) is 3.85. The van der Waals surface area contributed by atoms with Crippen molar-refractivity contribution >= 4 is 35.9 Å². The number of carbonyl (C=O) groups excluding carboxylic acids is 1. The van der Waals surface area contributed by atoms with Crippen molar-refractivity contribution in [2.45, 2.75) is 6.04 Å². The molecule has 0 heterocycles. The van der Waals surface area contributed by atoms with Crippen molar-refractivity contribution in [3.63, 3.8) is 0 Å². The molecule has 1 unspecified atom stereocenters. The summed E-state index contributed by atoms with van der Waals surface area (Å²) in [6.07, 6.45) is 7.50. The zero-order chi connectivity index (χ0) is 38.2. The monoisotopic (exact) mass is 718 g/mol. The van der Waals surface area contributed by atoms with Crippen LogP contribution in [0.2, 0.25) is 0 Å². The molecule has 0 bridgehead atoms. The highest BCUT2D eigenvalue weighted by molar-refractivity contribution is 5.96. The fourth-order valence-corrected chi connectivity index (χ4v) is 4.83. The van der Waals surface area contributed by atoms with E-state index in [9.17, 15) is 9.90 Å². The molecule has 0 aliphatic rings. The predicted octanol–water partition coefficient (Wildman–Crippen LogP) is 5.75. The van der Waals surface area contributed by atoms with Gasteiger partial charge in [0.25, 0.3) is 0 Å². The van der Waals surface area contributed by atoms with Gasteiger partial charge >= 0.3 is 0 Å². The number of ether oxygens (including phenoxy) is 8. The summed E-state index contributed by atoms with van der Waals surface area (Å²) in [6, 6.07) is 16.8. The zero-order valence-corrected chi connectivity index (χ0v) is 30.5. The van der Waals surface area contributed by atoms with Gasteiger partial charge in [0.05, 0.1) is 69.2 Å². The minimum Gasteiger partial charge on any atom is -0.504 e. The molecule has 0 spiro atoms. The van der Waals surface area contributed by atoms with Gasteiger partial charge in [-0.3, -0.25) is 4.79 Å². The van der Waals surface area contributed by atoms with Crippen LogP contribution >= 0.6 is 0 Å². The number of anilines is 1. The fraction of sp³-hybridized carbons (Fsp3) is 0.256. The van der Waals surface area contributed by atoms with Gasteiger partial charge in [0.1, 0.15) is 11.8 Å². The van der Waals surface area contributed by atoms with Crippen molar-refractivity contribution in [1.82, 2.24) is 0 Å². The first-order chi connectivity index (χ1) is 25.1. The van der Waals surface area contributed by atoms with Crippen molar-refractivity contribution in [2.24, 2.45) is 5.73 Å². The second kappa shape index (κ2) is 20.0. The summed E-state index contributed by atoms with van der Waals surface area (Å²) in [7, 11) is 12.4. The second-order valence-electron chi connectivity index (χ2n) is 10.8. The molecule has 13 nitrogen and oxygen atoms in total. The number of hydrogen-bond acceptors (Lipinski definition) is 12. The standard InChI is InChI=1S/C21H26N2O6.C18H20O5/c1-26-17-8-7-13(9-16(17)23-21(25)15(22)12-24)5-6-14-10-18(27-2)20(29-4)19(11-14)28-3;1-20-15-8-7-12(9-14(15)19)5-6-13-10-16(21-2)18(23-4)17(11-13)22-3/h5-11,15,24H,12,22H2,1-4H3,(H,23,25);5-11,19H,1-4H3/b2*6-5-. The SMILES string of the molecule is COc1ccc(/C=C\c2cc(OC)c(OC)c(OC)c2)cc1NC(=O)C(N)CO.COc1ccc(/C=C\c2cc(OC)c(OC)c(OC)c2)cc1O. The summed E-state index contributed by atoms with van der Waals surface area (Å²) in [5.41, 5.74) is 9.39. The Bertz CT molecular complexity index is 1810. The number of hydrogen-bond donors (Lipinski definition) is 4. The first-order valence-electron chi connectivity index (χ1n) is 15.8. The predicted molar refractivity (Wildman–Crippen MR) is 201 cm³/mol. The van der Waals surface area contributed by atoms with Crippen LogP contribution < -0.4 is 48.9 Å². The average Bonchev–Trinajstić information content (AvgIpc) is 3.18. The van der Waals surface area contributed by atoms with Gasteiger partial charge in [0.2, 0.25) is 17.4 Å². The average molecular weight is 719 g/mol. The van der Waals surface area contributed by atoms with Crippen LogP contribution in [-0.2, 0) is 4.79 Å². The third-order valence-electron chi connectivity index (χ3n) is 7.53. The third-order valence-corrected chi connectivity index (χ3v) is 7.53. The van der Waals surface area contributed by atoms with Crippen LogP contribution in [0.25, 0.3) is 24.3 Å². The summed E-state index contributed by atoms with van der Waals surface area (Å²) >= 11 is 0. The lowest BCUT2D eigenvalue weighted by Crippen LogP contribution is -2.38. The highest BCUT2D eigenvalue weighted by atomic mass is 16.5. The molecular formula is C39H46N2O11. The number of phenols is 1. The molecule has 1 amide bonds. The van der Waals surface area contributed by atoms with E-state index in [-0.39, 0.29) is 5.75 Å². The number of nitrogens with two attached hydrogens (primary N) is 1.